The van der Waals surface area contributed by atoms with Gasteiger partial charge >= 0.3 is 19.8 Å². The van der Waals surface area contributed by atoms with E-state index in [0.717, 1.165) is 70.6 Å². The number of aliphatic hydroxyl groups excluding tert-OH is 2. The van der Waals surface area contributed by atoms with Crippen LogP contribution in [0.5, 0.6) is 0 Å². The van der Waals surface area contributed by atoms with Gasteiger partial charge in [-0.05, 0) is 64.2 Å². The molecule has 0 saturated heterocycles. The van der Waals surface area contributed by atoms with E-state index in [1.54, 1.807) is 0 Å². The van der Waals surface area contributed by atoms with Crippen LogP contribution in [0.15, 0.2) is 24.3 Å². The van der Waals surface area contributed by atoms with Gasteiger partial charge in [0, 0.05) is 12.8 Å². The SMILES string of the molecule is CCCCC/C=C\CCCCCCCC(=O)OC(CO)COP(=O)(O)OCC(CO)OC(=O)CCCCCCC/C=C\CCCCCCCCC. The number of hydrogen-bond donors (Lipinski definition) is 3. The van der Waals surface area contributed by atoms with Crippen LogP contribution in [0.4, 0.5) is 0 Å². The van der Waals surface area contributed by atoms with Gasteiger partial charge in [-0.25, -0.2) is 4.57 Å². The maximum absolute atomic E-state index is 12.3. The Hall–Kier alpha value is -1.55. The van der Waals surface area contributed by atoms with E-state index >= 15 is 0 Å². The first-order chi connectivity index (χ1) is 24.8. The van der Waals surface area contributed by atoms with E-state index < -0.39 is 58.4 Å². The lowest BCUT2D eigenvalue weighted by molar-refractivity contribution is -0.153. The lowest BCUT2D eigenvalue weighted by Crippen LogP contribution is -2.28. The molecular weight excluding hydrogens is 671 g/mol. The highest BCUT2D eigenvalue weighted by Crippen LogP contribution is 2.43. The lowest BCUT2D eigenvalue weighted by atomic mass is 10.1. The fourth-order valence-corrected chi connectivity index (χ4v) is 6.24. The molecule has 0 aliphatic carbocycles. The quantitative estimate of drug-likeness (QED) is 0.0241. The molecule has 3 N–H and O–H groups in total. The third kappa shape index (κ3) is 35.3. The number of phosphoric acid groups is 1. The zero-order valence-corrected chi connectivity index (χ0v) is 33.2. The number of rotatable bonds is 38. The summed E-state index contributed by atoms with van der Waals surface area (Å²) in [6.07, 6.45) is 34.4. The Labute approximate surface area is 310 Å². The van der Waals surface area contributed by atoms with Crippen LogP contribution in [0.3, 0.4) is 0 Å². The van der Waals surface area contributed by atoms with Crippen molar-refractivity contribution in [2.24, 2.45) is 0 Å². The Balaban J connectivity index is 3.97. The highest BCUT2D eigenvalue weighted by molar-refractivity contribution is 7.47. The van der Waals surface area contributed by atoms with E-state index in [9.17, 15) is 29.3 Å². The maximum atomic E-state index is 12.3. The summed E-state index contributed by atoms with van der Waals surface area (Å²) in [5, 5.41) is 19.1. The van der Waals surface area contributed by atoms with Gasteiger partial charge in [-0.3, -0.25) is 18.6 Å². The van der Waals surface area contributed by atoms with E-state index in [0.29, 0.717) is 12.8 Å². The Kier molecular flexibility index (Phi) is 35.7. The summed E-state index contributed by atoms with van der Waals surface area (Å²) in [4.78, 5) is 34.4. The summed E-state index contributed by atoms with van der Waals surface area (Å²) >= 11 is 0. The number of aliphatic hydroxyl groups is 2. The summed E-state index contributed by atoms with van der Waals surface area (Å²) in [6.45, 7) is 2.15. The summed E-state index contributed by atoms with van der Waals surface area (Å²) in [7, 11) is -4.63. The van der Waals surface area contributed by atoms with Crippen molar-refractivity contribution in [3.63, 3.8) is 0 Å². The van der Waals surface area contributed by atoms with Crippen LogP contribution < -0.4 is 0 Å². The molecule has 300 valence electrons. The molecule has 11 heteroatoms. The highest BCUT2D eigenvalue weighted by atomic mass is 31.2. The van der Waals surface area contributed by atoms with E-state index in [1.807, 2.05) is 0 Å². The highest BCUT2D eigenvalue weighted by Gasteiger charge is 2.27. The Bertz CT molecular complexity index is 910. The van der Waals surface area contributed by atoms with Gasteiger partial charge in [-0.1, -0.05) is 128 Å². The molecule has 3 atom stereocenters. The number of hydrogen-bond acceptors (Lipinski definition) is 9. The molecule has 0 aliphatic heterocycles. The average molecular weight is 747 g/mol. The van der Waals surface area contributed by atoms with Gasteiger partial charge in [-0.15, -0.1) is 0 Å². The van der Waals surface area contributed by atoms with Gasteiger partial charge < -0.3 is 24.6 Å². The molecule has 0 aromatic heterocycles. The molecule has 0 saturated carbocycles. The summed E-state index contributed by atoms with van der Waals surface area (Å²) < 4.78 is 32.5. The third-order valence-electron chi connectivity index (χ3n) is 8.64. The minimum atomic E-state index is -4.63. The second kappa shape index (κ2) is 36.8. The lowest BCUT2D eigenvalue weighted by Gasteiger charge is -2.20. The molecule has 51 heavy (non-hydrogen) atoms. The molecule has 10 nitrogen and oxygen atoms in total. The van der Waals surface area contributed by atoms with Crippen LogP contribution in [0.1, 0.15) is 181 Å². The van der Waals surface area contributed by atoms with Crippen molar-refractivity contribution in [3.8, 4) is 0 Å². The van der Waals surface area contributed by atoms with Crippen molar-refractivity contribution >= 4 is 19.8 Å². The first-order valence-electron chi connectivity index (χ1n) is 20.3. The second-order valence-electron chi connectivity index (χ2n) is 13.6. The number of esters is 2. The molecular formula is C40H75O10P. The number of allylic oxidation sites excluding steroid dienone is 4. The number of carbonyl (C=O) groups is 2. The van der Waals surface area contributed by atoms with Crippen LogP contribution >= 0.6 is 7.82 Å². The number of ether oxygens (including phenoxy) is 2. The molecule has 0 spiro atoms. The second-order valence-corrected chi connectivity index (χ2v) is 15.1. The van der Waals surface area contributed by atoms with Crippen molar-refractivity contribution in [1.82, 2.24) is 0 Å². The van der Waals surface area contributed by atoms with E-state index in [4.69, 9.17) is 18.5 Å². The van der Waals surface area contributed by atoms with Gasteiger partial charge in [0.1, 0.15) is 12.2 Å². The number of unbranched alkanes of at least 4 members (excludes halogenated alkanes) is 20. The predicted molar refractivity (Wildman–Crippen MR) is 205 cm³/mol. The molecule has 0 aliphatic rings. The maximum Gasteiger partial charge on any atom is 0.472 e. The minimum Gasteiger partial charge on any atom is -0.457 e. The smallest absolute Gasteiger partial charge is 0.457 e. The van der Waals surface area contributed by atoms with E-state index in [-0.39, 0.29) is 12.8 Å². The zero-order valence-electron chi connectivity index (χ0n) is 32.3. The fourth-order valence-electron chi connectivity index (χ4n) is 5.46. The average Bonchev–Trinajstić information content (AvgIpc) is 3.12. The van der Waals surface area contributed by atoms with Gasteiger partial charge in [0.15, 0.2) is 0 Å². The van der Waals surface area contributed by atoms with Crippen LogP contribution in [-0.4, -0.2) is 65.7 Å². The molecule has 0 rings (SSSR count). The van der Waals surface area contributed by atoms with Gasteiger partial charge in [0.2, 0.25) is 0 Å². The first-order valence-corrected chi connectivity index (χ1v) is 21.8. The molecule has 0 radical (unpaired) electrons. The van der Waals surface area contributed by atoms with E-state index in [1.165, 1.54) is 70.6 Å². The molecule has 0 aromatic carbocycles. The summed E-state index contributed by atoms with van der Waals surface area (Å²) in [6, 6.07) is 0. The number of phosphoric ester groups is 1. The van der Waals surface area contributed by atoms with Gasteiger partial charge in [0.25, 0.3) is 0 Å². The first kappa shape index (κ1) is 49.5. The van der Waals surface area contributed by atoms with Crippen molar-refractivity contribution < 1.29 is 47.8 Å². The van der Waals surface area contributed by atoms with Crippen LogP contribution in [0.25, 0.3) is 0 Å². The fraction of sp³-hybridized carbons (Fsp3) is 0.850. The molecule has 0 heterocycles. The Morgan fingerprint density at radius 2 is 0.804 bits per heavy atom. The molecule has 0 bridgehead atoms. The third-order valence-corrected chi connectivity index (χ3v) is 9.59. The molecule has 0 fully saturated rings. The van der Waals surface area contributed by atoms with Crippen molar-refractivity contribution in [2.45, 2.75) is 193 Å². The normalized spacial score (nSPS) is 14.2. The molecule has 3 unspecified atom stereocenters. The van der Waals surface area contributed by atoms with E-state index in [2.05, 4.69) is 38.2 Å². The van der Waals surface area contributed by atoms with Crippen LogP contribution in [0.2, 0.25) is 0 Å². The summed E-state index contributed by atoms with van der Waals surface area (Å²) in [5.74, 6) is -1.03. The Morgan fingerprint density at radius 3 is 1.16 bits per heavy atom. The Morgan fingerprint density at radius 1 is 0.510 bits per heavy atom. The minimum absolute atomic E-state index is 0.182. The van der Waals surface area contributed by atoms with Crippen molar-refractivity contribution in [3.05, 3.63) is 24.3 Å². The van der Waals surface area contributed by atoms with Crippen molar-refractivity contribution in [1.29, 1.82) is 0 Å². The topological polar surface area (TPSA) is 149 Å². The molecule has 0 amide bonds. The van der Waals surface area contributed by atoms with Gasteiger partial charge in [-0.2, -0.15) is 0 Å². The van der Waals surface area contributed by atoms with Crippen LogP contribution in [0, 0.1) is 0 Å². The molecule has 0 aromatic rings. The monoisotopic (exact) mass is 747 g/mol. The van der Waals surface area contributed by atoms with Gasteiger partial charge in [0.05, 0.1) is 26.4 Å². The number of carbonyl (C=O) groups excluding carboxylic acids is 2. The largest absolute Gasteiger partial charge is 0.472 e. The summed E-state index contributed by atoms with van der Waals surface area (Å²) in [5.41, 5.74) is 0. The van der Waals surface area contributed by atoms with Crippen molar-refractivity contribution in [2.75, 3.05) is 26.4 Å². The standard InChI is InChI=1S/C40H75O10P/c1-3-5-7-9-11-13-15-17-18-19-20-22-24-26-28-30-32-40(44)50-38(34-42)36-48-51(45,46)47-35-37(33-41)49-39(43)31-29-27-25-23-21-16-14-12-10-8-6-4-2/h12,14,18-19,37-38,41-42H,3-11,13,15-17,20-36H2,1-2H3,(H,45,46)/b14-12-,19-18-. The zero-order chi connectivity index (χ0) is 37.7. The predicted octanol–water partition coefficient (Wildman–Crippen LogP) is 10.2. The van der Waals surface area contributed by atoms with Crippen LogP contribution in [-0.2, 0) is 32.7 Å².